The average Bonchev–Trinajstić information content (AvgIpc) is 3.00. The fraction of sp³-hybridized carbons (Fsp3) is 0.455. The van der Waals surface area contributed by atoms with Gasteiger partial charge in [0.15, 0.2) is 0 Å². The van der Waals surface area contributed by atoms with Crippen LogP contribution in [0.2, 0.25) is 0 Å². The van der Waals surface area contributed by atoms with Crippen molar-refractivity contribution in [3.05, 3.63) is 95.1 Å². The monoisotopic (exact) mass is 660 g/mol. The summed E-state index contributed by atoms with van der Waals surface area (Å²) >= 11 is 0. The SMILES string of the molecule is O=C(COC1(CCc2ccc(C3[C@@H](CCC(O)c4ccc(F)cc4)C(=O)N3C3C=CC(F)=CC3)cc2)COC1)NCCS(=O)(=O)O. The normalized spacial score (nSPS) is 22.9. The first-order valence-electron chi connectivity index (χ1n) is 15.2. The first-order chi connectivity index (χ1) is 21.9. The second-order valence-corrected chi connectivity index (χ2v) is 13.6. The van der Waals surface area contributed by atoms with Crippen molar-refractivity contribution in [1.82, 2.24) is 10.2 Å². The predicted octanol–water partition coefficient (Wildman–Crippen LogP) is 3.74. The molecule has 248 valence electrons. The van der Waals surface area contributed by atoms with Crippen LogP contribution in [0.25, 0.3) is 0 Å². The Bertz CT molecular complexity index is 1560. The van der Waals surface area contributed by atoms with Crippen LogP contribution in [-0.4, -0.2) is 78.6 Å². The Balaban J connectivity index is 1.20. The minimum Gasteiger partial charge on any atom is -0.388 e. The van der Waals surface area contributed by atoms with Crippen LogP contribution in [0.15, 0.2) is 72.6 Å². The number of allylic oxidation sites excluding steroid dienone is 2. The molecule has 0 spiro atoms. The summed E-state index contributed by atoms with van der Waals surface area (Å²) in [6, 6.07) is 13.0. The van der Waals surface area contributed by atoms with E-state index in [2.05, 4.69) is 5.32 Å². The predicted molar refractivity (Wildman–Crippen MR) is 164 cm³/mol. The molecule has 2 heterocycles. The van der Waals surface area contributed by atoms with E-state index in [1.54, 1.807) is 11.0 Å². The molecule has 5 rings (SSSR count). The topological polar surface area (TPSA) is 142 Å². The van der Waals surface area contributed by atoms with Crippen LogP contribution in [-0.2, 0) is 35.6 Å². The molecule has 1 aliphatic carbocycles. The summed E-state index contributed by atoms with van der Waals surface area (Å²) in [5.41, 5.74) is 1.87. The molecule has 0 bridgehead atoms. The lowest BCUT2D eigenvalue weighted by molar-refractivity contribution is -0.212. The highest BCUT2D eigenvalue weighted by molar-refractivity contribution is 7.85. The van der Waals surface area contributed by atoms with Crippen LogP contribution in [0.3, 0.4) is 0 Å². The highest BCUT2D eigenvalue weighted by Gasteiger charge is 2.50. The molecule has 2 aromatic carbocycles. The maximum Gasteiger partial charge on any atom is 0.266 e. The van der Waals surface area contributed by atoms with E-state index in [0.29, 0.717) is 50.9 Å². The average molecular weight is 661 g/mol. The molecule has 2 aromatic rings. The highest BCUT2D eigenvalue weighted by atomic mass is 32.2. The third-order valence-electron chi connectivity index (χ3n) is 8.76. The Kier molecular flexibility index (Phi) is 10.7. The number of nitrogens with zero attached hydrogens (tertiary/aromatic N) is 1. The van der Waals surface area contributed by atoms with Gasteiger partial charge in [0, 0.05) is 6.54 Å². The number of aryl methyl sites for hydroxylation is 1. The van der Waals surface area contributed by atoms with E-state index < -0.39 is 39.3 Å². The van der Waals surface area contributed by atoms with Gasteiger partial charge in [0.05, 0.1) is 43.1 Å². The molecular formula is C33H38F2N2O8S. The number of ether oxygens (including phenoxy) is 2. The standard InChI is InChI=1S/C33H38F2N2O8S/c34-25-7-5-23(6-8-25)29(38)14-13-28-31(37(32(28)40)27-11-9-26(35)10-12-27)24-3-1-22(2-4-24)15-16-33(20-44-21-33)45-19-30(39)36-17-18-46(41,42)43/h1-11,27-29,31,38H,12-21H2,(H,36,39)(H,41,42,43)/t27?,28-,29?,31?/m1/s1. The van der Waals surface area contributed by atoms with E-state index in [0.717, 1.165) is 11.1 Å². The Morgan fingerprint density at radius 1 is 1.13 bits per heavy atom. The maximum absolute atomic E-state index is 13.7. The van der Waals surface area contributed by atoms with Gasteiger partial charge in [-0.2, -0.15) is 8.42 Å². The molecule has 0 aromatic heterocycles. The van der Waals surface area contributed by atoms with E-state index in [9.17, 15) is 31.9 Å². The second-order valence-electron chi connectivity index (χ2n) is 12.0. The van der Waals surface area contributed by atoms with Gasteiger partial charge in [-0.25, -0.2) is 8.78 Å². The Hall–Kier alpha value is -3.49. The number of rotatable bonds is 15. The molecule has 4 atom stereocenters. The number of carbonyl (C=O) groups excluding carboxylic acids is 2. The molecule has 2 amide bonds. The van der Waals surface area contributed by atoms with Crippen molar-refractivity contribution in [2.45, 2.75) is 55.9 Å². The third kappa shape index (κ3) is 8.45. The summed E-state index contributed by atoms with van der Waals surface area (Å²) < 4.78 is 68.7. The fourth-order valence-corrected chi connectivity index (χ4v) is 6.43. The lowest BCUT2D eigenvalue weighted by Crippen LogP contribution is -2.58. The van der Waals surface area contributed by atoms with Gasteiger partial charge >= 0.3 is 0 Å². The van der Waals surface area contributed by atoms with Gasteiger partial charge in [-0.15, -0.1) is 0 Å². The summed E-state index contributed by atoms with van der Waals surface area (Å²) in [5, 5.41) is 13.1. The van der Waals surface area contributed by atoms with Crippen molar-refractivity contribution in [2.75, 3.05) is 32.1 Å². The van der Waals surface area contributed by atoms with E-state index in [-0.39, 0.29) is 42.9 Å². The quantitative estimate of drug-likeness (QED) is 0.194. The number of likely N-dealkylation sites (tertiary alicyclic amines) is 1. The maximum atomic E-state index is 13.7. The summed E-state index contributed by atoms with van der Waals surface area (Å²) in [4.78, 5) is 27.2. The number of hydrogen-bond donors (Lipinski definition) is 3. The minimum atomic E-state index is -4.17. The zero-order valence-corrected chi connectivity index (χ0v) is 26.0. The summed E-state index contributed by atoms with van der Waals surface area (Å²) in [7, 11) is -4.17. The molecule has 46 heavy (non-hydrogen) atoms. The van der Waals surface area contributed by atoms with Gasteiger partial charge in [-0.1, -0.05) is 42.5 Å². The van der Waals surface area contributed by atoms with Crippen molar-refractivity contribution in [2.24, 2.45) is 5.92 Å². The summed E-state index contributed by atoms with van der Waals surface area (Å²) in [6.07, 6.45) is 6.02. The van der Waals surface area contributed by atoms with Crippen molar-refractivity contribution in [3.8, 4) is 0 Å². The molecule has 2 saturated heterocycles. The molecule has 3 aliphatic rings. The lowest BCUT2D eigenvalue weighted by Gasteiger charge is -2.51. The number of aliphatic hydroxyl groups excluding tert-OH is 1. The van der Waals surface area contributed by atoms with E-state index in [1.807, 2.05) is 24.3 Å². The van der Waals surface area contributed by atoms with Crippen LogP contribution in [0.4, 0.5) is 8.78 Å². The largest absolute Gasteiger partial charge is 0.388 e. The number of hydrogen-bond acceptors (Lipinski definition) is 7. The molecule has 2 aliphatic heterocycles. The van der Waals surface area contributed by atoms with Crippen molar-refractivity contribution in [3.63, 3.8) is 0 Å². The zero-order chi connectivity index (χ0) is 32.9. The number of benzene rings is 2. The molecular weight excluding hydrogens is 622 g/mol. The van der Waals surface area contributed by atoms with Crippen LogP contribution >= 0.6 is 0 Å². The summed E-state index contributed by atoms with van der Waals surface area (Å²) in [6.45, 7) is 0.141. The summed E-state index contributed by atoms with van der Waals surface area (Å²) in [5.74, 6) is -2.24. The minimum absolute atomic E-state index is 0.0585. The van der Waals surface area contributed by atoms with Crippen molar-refractivity contribution < 1.29 is 45.9 Å². The van der Waals surface area contributed by atoms with E-state index in [4.69, 9.17) is 14.0 Å². The van der Waals surface area contributed by atoms with Crippen LogP contribution in [0, 0.1) is 11.7 Å². The Morgan fingerprint density at radius 3 is 2.46 bits per heavy atom. The smallest absolute Gasteiger partial charge is 0.266 e. The molecule has 3 unspecified atom stereocenters. The van der Waals surface area contributed by atoms with Gasteiger partial charge in [0.1, 0.15) is 23.9 Å². The second kappa shape index (κ2) is 14.5. The molecule has 2 fully saturated rings. The van der Waals surface area contributed by atoms with Gasteiger partial charge in [0.25, 0.3) is 10.1 Å². The number of halogens is 2. The number of β-lactam (4-membered cyclic amide) rings is 1. The zero-order valence-electron chi connectivity index (χ0n) is 25.2. The molecule has 10 nitrogen and oxygen atoms in total. The van der Waals surface area contributed by atoms with Crippen LogP contribution in [0.5, 0.6) is 0 Å². The molecule has 3 N–H and O–H groups in total. The fourth-order valence-electron chi connectivity index (χ4n) is 6.07. The first-order valence-corrected chi connectivity index (χ1v) is 16.9. The number of nitrogens with one attached hydrogen (secondary N) is 1. The van der Waals surface area contributed by atoms with Crippen LogP contribution < -0.4 is 5.32 Å². The first kappa shape index (κ1) is 33.9. The Labute approximate surface area is 266 Å². The molecule has 0 saturated carbocycles. The van der Waals surface area contributed by atoms with Crippen LogP contribution in [0.1, 0.15) is 54.5 Å². The third-order valence-corrected chi connectivity index (χ3v) is 9.48. The van der Waals surface area contributed by atoms with Crippen molar-refractivity contribution >= 4 is 21.9 Å². The Morgan fingerprint density at radius 2 is 1.85 bits per heavy atom. The van der Waals surface area contributed by atoms with Gasteiger partial charge < -0.3 is 24.8 Å². The van der Waals surface area contributed by atoms with E-state index >= 15 is 0 Å². The van der Waals surface area contributed by atoms with E-state index in [1.165, 1.54) is 36.4 Å². The number of amides is 2. The van der Waals surface area contributed by atoms with Gasteiger partial charge in [-0.3, -0.25) is 14.1 Å². The highest BCUT2D eigenvalue weighted by Crippen LogP contribution is 2.46. The van der Waals surface area contributed by atoms with Gasteiger partial charge in [0.2, 0.25) is 11.8 Å². The number of aliphatic hydroxyl groups is 1. The number of carbonyl (C=O) groups is 2. The van der Waals surface area contributed by atoms with Crippen molar-refractivity contribution in [1.29, 1.82) is 0 Å². The molecule has 13 heteroatoms. The molecule has 0 radical (unpaired) electrons. The van der Waals surface area contributed by atoms with Gasteiger partial charge in [-0.05, 0) is 73.1 Å². The lowest BCUT2D eigenvalue weighted by atomic mass is 9.76.